The fraction of sp³-hybridized carbons (Fsp3) is 0.333. The zero-order valence-corrected chi connectivity index (χ0v) is 12.5. The molecule has 1 N–H and O–H groups in total. The van der Waals surface area contributed by atoms with Crippen molar-refractivity contribution >= 4 is 33.2 Å². The number of benzene rings is 1. The summed E-state index contributed by atoms with van der Waals surface area (Å²) in [6, 6.07) is 6.03. The fourth-order valence-electron chi connectivity index (χ4n) is 1.64. The third-order valence-electron chi connectivity index (χ3n) is 2.50. The molecule has 0 saturated carbocycles. The first-order chi connectivity index (χ1) is 8.58. The molecule has 0 unspecified atom stereocenters. The second-order valence-corrected chi connectivity index (χ2v) is 5.52. The topological polar surface area (TPSA) is 42.7 Å². The maximum absolute atomic E-state index is 6.14. The second kappa shape index (κ2) is 5.71. The summed E-state index contributed by atoms with van der Waals surface area (Å²) in [6.07, 6.45) is 1.57. The van der Waals surface area contributed by atoms with Crippen molar-refractivity contribution in [3.63, 3.8) is 0 Å². The minimum Gasteiger partial charge on any atom is -0.377 e. The molecule has 0 amide bonds. The minimum absolute atomic E-state index is 0.296. The SMILES string of the molecule is CC(C)n1ncnc1CNc1ccc(Br)cc1Cl. The van der Waals surface area contributed by atoms with Gasteiger partial charge in [0, 0.05) is 10.5 Å². The molecule has 0 aliphatic rings. The molecular formula is C12H14BrClN4. The summed E-state index contributed by atoms with van der Waals surface area (Å²) >= 11 is 9.51. The average Bonchev–Trinajstić information content (AvgIpc) is 2.76. The Morgan fingerprint density at radius 2 is 2.22 bits per heavy atom. The van der Waals surface area contributed by atoms with Gasteiger partial charge >= 0.3 is 0 Å². The molecular weight excluding hydrogens is 316 g/mol. The van der Waals surface area contributed by atoms with Crippen LogP contribution in [0.1, 0.15) is 25.7 Å². The number of hydrogen-bond donors (Lipinski definition) is 1. The number of rotatable bonds is 4. The van der Waals surface area contributed by atoms with Gasteiger partial charge in [0.05, 0.1) is 17.3 Å². The Kier molecular flexibility index (Phi) is 4.24. The van der Waals surface area contributed by atoms with E-state index in [1.54, 1.807) is 6.33 Å². The van der Waals surface area contributed by atoms with Crippen molar-refractivity contribution in [1.29, 1.82) is 0 Å². The van der Waals surface area contributed by atoms with Crippen LogP contribution >= 0.6 is 27.5 Å². The maximum atomic E-state index is 6.14. The van der Waals surface area contributed by atoms with Crippen LogP contribution in [0.15, 0.2) is 29.0 Å². The van der Waals surface area contributed by atoms with Gasteiger partial charge in [0.1, 0.15) is 12.2 Å². The summed E-state index contributed by atoms with van der Waals surface area (Å²) in [5.41, 5.74) is 0.887. The highest BCUT2D eigenvalue weighted by atomic mass is 79.9. The molecule has 4 nitrogen and oxygen atoms in total. The first-order valence-corrected chi connectivity index (χ1v) is 6.82. The Labute approximate surface area is 119 Å². The zero-order valence-electron chi connectivity index (χ0n) is 10.2. The van der Waals surface area contributed by atoms with E-state index in [0.717, 1.165) is 16.0 Å². The first-order valence-electron chi connectivity index (χ1n) is 5.65. The number of nitrogens with one attached hydrogen (secondary N) is 1. The van der Waals surface area contributed by atoms with Crippen LogP contribution in [0.4, 0.5) is 5.69 Å². The molecule has 6 heteroatoms. The highest BCUT2D eigenvalue weighted by Crippen LogP contribution is 2.25. The number of anilines is 1. The molecule has 1 aromatic heterocycles. The smallest absolute Gasteiger partial charge is 0.146 e. The van der Waals surface area contributed by atoms with E-state index in [-0.39, 0.29) is 0 Å². The standard InChI is InChI=1S/C12H14BrClN4/c1-8(2)18-12(16-7-17-18)6-15-11-4-3-9(13)5-10(11)14/h3-5,7-8,15H,6H2,1-2H3. The molecule has 96 valence electrons. The van der Waals surface area contributed by atoms with Crippen molar-refractivity contribution in [3.8, 4) is 0 Å². The van der Waals surface area contributed by atoms with E-state index in [4.69, 9.17) is 11.6 Å². The fourth-order valence-corrected chi connectivity index (χ4v) is 2.38. The molecule has 0 aliphatic heterocycles. The number of halogens is 2. The second-order valence-electron chi connectivity index (χ2n) is 4.19. The Bertz CT molecular complexity index is 539. The number of aromatic nitrogens is 3. The molecule has 0 atom stereocenters. The van der Waals surface area contributed by atoms with Gasteiger partial charge in [-0.2, -0.15) is 5.10 Å². The van der Waals surface area contributed by atoms with Crippen LogP contribution < -0.4 is 5.32 Å². The van der Waals surface area contributed by atoms with Gasteiger partial charge in [-0.1, -0.05) is 27.5 Å². The molecule has 2 rings (SSSR count). The molecule has 0 saturated heterocycles. The quantitative estimate of drug-likeness (QED) is 0.925. The number of nitrogens with zero attached hydrogens (tertiary/aromatic N) is 3. The van der Waals surface area contributed by atoms with Crippen LogP contribution in [0.2, 0.25) is 5.02 Å². The lowest BCUT2D eigenvalue weighted by atomic mass is 10.3. The molecule has 2 aromatic rings. The molecule has 1 heterocycles. The van der Waals surface area contributed by atoms with Gasteiger partial charge in [-0.15, -0.1) is 0 Å². The van der Waals surface area contributed by atoms with E-state index in [9.17, 15) is 0 Å². The van der Waals surface area contributed by atoms with Crippen molar-refractivity contribution in [2.45, 2.75) is 26.4 Å². The largest absolute Gasteiger partial charge is 0.377 e. The summed E-state index contributed by atoms with van der Waals surface area (Å²) in [4.78, 5) is 4.24. The van der Waals surface area contributed by atoms with Crippen molar-refractivity contribution < 1.29 is 0 Å². The highest BCUT2D eigenvalue weighted by Gasteiger charge is 2.08. The zero-order chi connectivity index (χ0) is 13.1. The predicted octanol–water partition coefficient (Wildman–Crippen LogP) is 3.89. The lowest BCUT2D eigenvalue weighted by molar-refractivity contribution is 0.509. The van der Waals surface area contributed by atoms with E-state index in [1.165, 1.54) is 0 Å². The molecule has 1 aromatic carbocycles. The van der Waals surface area contributed by atoms with Crippen molar-refractivity contribution in [2.75, 3.05) is 5.32 Å². The number of hydrogen-bond acceptors (Lipinski definition) is 3. The van der Waals surface area contributed by atoms with Gasteiger partial charge in [0.2, 0.25) is 0 Å². The van der Waals surface area contributed by atoms with Gasteiger partial charge in [-0.3, -0.25) is 0 Å². The normalized spacial score (nSPS) is 10.9. The Balaban J connectivity index is 2.09. The van der Waals surface area contributed by atoms with Gasteiger partial charge in [0.25, 0.3) is 0 Å². The lowest BCUT2D eigenvalue weighted by Gasteiger charge is -2.11. The van der Waals surface area contributed by atoms with Crippen LogP contribution in [0.25, 0.3) is 0 Å². The summed E-state index contributed by atoms with van der Waals surface area (Å²) in [5.74, 6) is 0.893. The van der Waals surface area contributed by atoms with E-state index in [1.807, 2.05) is 22.9 Å². The minimum atomic E-state index is 0.296. The first kappa shape index (κ1) is 13.4. The Morgan fingerprint density at radius 3 is 2.89 bits per heavy atom. The average molecular weight is 330 g/mol. The summed E-state index contributed by atoms with van der Waals surface area (Å²) in [5, 5.41) is 8.13. The highest BCUT2D eigenvalue weighted by molar-refractivity contribution is 9.10. The van der Waals surface area contributed by atoms with Gasteiger partial charge in [-0.05, 0) is 32.0 Å². The molecule has 18 heavy (non-hydrogen) atoms. The van der Waals surface area contributed by atoms with E-state index >= 15 is 0 Å². The van der Waals surface area contributed by atoms with Crippen molar-refractivity contribution in [3.05, 3.63) is 39.8 Å². The van der Waals surface area contributed by atoms with Crippen LogP contribution in [0, 0.1) is 0 Å². The summed E-state index contributed by atoms with van der Waals surface area (Å²) in [7, 11) is 0. The maximum Gasteiger partial charge on any atom is 0.146 e. The van der Waals surface area contributed by atoms with Crippen molar-refractivity contribution in [1.82, 2.24) is 14.8 Å². The lowest BCUT2D eigenvalue weighted by Crippen LogP contribution is -2.12. The van der Waals surface area contributed by atoms with Gasteiger partial charge < -0.3 is 5.32 Å². The van der Waals surface area contributed by atoms with Crippen LogP contribution in [-0.4, -0.2) is 14.8 Å². The third kappa shape index (κ3) is 3.03. The van der Waals surface area contributed by atoms with Gasteiger partial charge in [0.15, 0.2) is 0 Å². The van der Waals surface area contributed by atoms with Gasteiger partial charge in [-0.25, -0.2) is 9.67 Å². The van der Waals surface area contributed by atoms with Crippen LogP contribution in [-0.2, 0) is 6.54 Å². The van der Waals surface area contributed by atoms with E-state index < -0.39 is 0 Å². The monoisotopic (exact) mass is 328 g/mol. The molecule has 0 spiro atoms. The molecule has 0 bridgehead atoms. The van der Waals surface area contributed by atoms with E-state index in [0.29, 0.717) is 17.6 Å². The van der Waals surface area contributed by atoms with Crippen LogP contribution in [0.3, 0.4) is 0 Å². The third-order valence-corrected chi connectivity index (χ3v) is 3.31. The Morgan fingerprint density at radius 1 is 1.44 bits per heavy atom. The summed E-state index contributed by atoms with van der Waals surface area (Å²) in [6.45, 7) is 4.75. The predicted molar refractivity (Wildman–Crippen MR) is 76.9 cm³/mol. The van der Waals surface area contributed by atoms with Crippen LogP contribution in [0.5, 0.6) is 0 Å². The van der Waals surface area contributed by atoms with E-state index in [2.05, 4.69) is 45.2 Å². The Hall–Kier alpha value is -1.07. The molecule has 0 radical (unpaired) electrons. The van der Waals surface area contributed by atoms with Crippen molar-refractivity contribution in [2.24, 2.45) is 0 Å². The molecule has 0 aliphatic carbocycles. The molecule has 0 fully saturated rings. The summed E-state index contributed by atoms with van der Waals surface area (Å²) < 4.78 is 2.85.